The second-order valence-electron chi connectivity index (χ2n) is 7.87. The van der Waals surface area contributed by atoms with Crippen LogP contribution in [0.4, 0.5) is 0 Å². The van der Waals surface area contributed by atoms with Gasteiger partial charge in [-0.2, -0.15) is 0 Å². The van der Waals surface area contributed by atoms with Crippen LogP contribution in [0.3, 0.4) is 0 Å². The van der Waals surface area contributed by atoms with E-state index in [0.717, 1.165) is 44.6 Å². The highest BCUT2D eigenvalue weighted by Gasteiger charge is 2.63. The van der Waals surface area contributed by atoms with E-state index in [1.165, 1.54) is 0 Å². The summed E-state index contributed by atoms with van der Waals surface area (Å²) in [6.45, 7) is 4.04. The molecular weight excluding hydrogens is 480 g/mol. The van der Waals surface area contributed by atoms with Crippen molar-refractivity contribution in [3.63, 3.8) is 0 Å². The number of benzene rings is 1. The van der Waals surface area contributed by atoms with Gasteiger partial charge in [0.25, 0.3) is 0 Å². The number of carbonyl (C=O) groups excluding carboxylic acids is 4. The molecule has 0 unspecified atom stereocenters. The van der Waals surface area contributed by atoms with Crippen LogP contribution in [0.15, 0.2) is 41.8 Å². The molecule has 1 aromatic heterocycles. The Hall–Kier alpha value is -3.28. The van der Waals surface area contributed by atoms with E-state index in [1.54, 1.807) is 11.4 Å². The third-order valence-corrected chi connectivity index (χ3v) is 6.00. The monoisotopic (exact) mass is 506 g/mol. The molecule has 0 amide bonds. The van der Waals surface area contributed by atoms with E-state index in [9.17, 15) is 24.3 Å². The zero-order valence-corrected chi connectivity index (χ0v) is 20.4. The van der Waals surface area contributed by atoms with Crippen molar-refractivity contribution in [1.82, 2.24) is 0 Å². The summed E-state index contributed by atoms with van der Waals surface area (Å²) >= 11 is 1.16. The Morgan fingerprint density at radius 2 is 1.63 bits per heavy atom. The number of Topliss-reactive ketones (excluding diaryl/α,β-unsaturated/α-hetero) is 1. The van der Waals surface area contributed by atoms with Crippen LogP contribution in [0.25, 0.3) is 11.1 Å². The number of hydrogen-bond acceptors (Lipinski definition) is 11. The number of aliphatic hydroxyl groups excluding tert-OH is 1. The van der Waals surface area contributed by atoms with Crippen LogP contribution in [0.1, 0.15) is 27.7 Å². The highest BCUT2D eigenvalue weighted by atomic mass is 32.1. The van der Waals surface area contributed by atoms with Gasteiger partial charge in [0.1, 0.15) is 18.8 Å². The Balaban J connectivity index is 2.09. The van der Waals surface area contributed by atoms with Crippen LogP contribution in [0, 0.1) is 0 Å². The van der Waals surface area contributed by atoms with Crippen molar-refractivity contribution in [1.29, 1.82) is 0 Å². The molecule has 0 saturated carbocycles. The Labute approximate surface area is 205 Å². The maximum atomic E-state index is 13.1. The first-order valence-electron chi connectivity index (χ1n) is 10.7. The fourth-order valence-electron chi connectivity index (χ4n) is 3.75. The van der Waals surface area contributed by atoms with Crippen molar-refractivity contribution in [2.24, 2.45) is 0 Å². The number of hydrogen-bond donors (Lipinski definition) is 1. The Morgan fingerprint density at radius 3 is 2.20 bits per heavy atom. The lowest BCUT2D eigenvalue weighted by Crippen LogP contribution is -2.71. The molecule has 10 nitrogen and oxygen atoms in total. The van der Waals surface area contributed by atoms with Gasteiger partial charge in [-0.15, -0.1) is 11.3 Å². The molecule has 1 saturated heterocycles. The standard InChI is InChI=1S/C24H26O10S/c1-13(25)24(34-23-18(10-11-35-23)17-8-6-5-7-9-17)22(32-16(4)28)20(29)21(31-15(3)27)19(33-24)12-30-14(2)26/h5-11,19-22,29H,12H2,1-4H3/t19-,20+,21-,22-,24-/m1/s1. The van der Waals surface area contributed by atoms with Crippen LogP contribution in [-0.2, 0) is 38.1 Å². The van der Waals surface area contributed by atoms with Gasteiger partial charge in [-0.3, -0.25) is 19.2 Å². The normalized spacial score (nSPS) is 25.9. The fraction of sp³-hybridized carbons (Fsp3) is 0.417. The summed E-state index contributed by atoms with van der Waals surface area (Å²) in [6, 6.07) is 11.0. The van der Waals surface area contributed by atoms with Crippen LogP contribution in [-0.4, -0.2) is 65.6 Å². The lowest BCUT2D eigenvalue weighted by molar-refractivity contribution is -0.322. The number of carbonyl (C=O) groups is 4. The van der Waals surface area contributed by atoms with Gasteiger partial charge in [0.2, 0.25) is 11.9 Å². The first-order chi connectivity index (χ1) is 16.5. The number of ether oxygens (including phenoxy) is 5. The minimum atomic E-state index is -2.33. The molecule has 1 aliphatic heterocycles. The van der Waals surface area contributed by atoms with Gasteiger partial charge in [-0.1, -0.05) is 30.3 Å². The number of aliphatic hydroxyl groups is 1. The van der Waals surface area contributed by atoms with Crippen LogP contribution < -0.4 is 4.74 Å². The van der Waals surface area contributed by atoms with E-state index < -0.39 is 60.5 Å². The molecule has 188 valence electrons. The number of thiophene rings is 1. The molecule has 11 heteroatoms. The topological polar surface area (TPSA) is 135 Å². The fourth-order valence-corrected chi connectivity index (χ4v) is 4.56. The molecule has 5 atom stereocenters. The second-order valence-corrected chi connectivity index (χ2v) is 8.75. The summed E-state index contributed by atoms with van der Waals surface area (Å²) in [4.78, 5) is 48.2. The molecule has 35 heavy (non-hydrogen) atoms. The first kappa shape index (κ1) is 26.3. The van der Waals surface area contributed by atoms with Crippen LogP contribution in [0.5, 0.6) is 5.06 Å². The van der Waals surface area contributed by atoms with E-state index in [2.05, 4.69) is 0 Å². The summed E-state index contributed by atoms with van der Waals surface area (Å²) in [6.07, 6.45) is -6.19. The van der Waals surface area contributed by atoms with E-state index in [4.69, 9.17) is 23.7 Å². The molecule has 2 heterocycles. The van der Waals surface area contributed by atoms with Gasteiger partial charge < -0.3 is 28.8 Å². The van der Waals surface area contributed by atoms with Gasteiger partial charge in [0.15, 0.2) is 11.2 Å². The van der Waals surface area contributed by atoms with Crippen LogP contribution >= 0.6 is 11.3 Å². The zero-order valence-electron chi connectivity index (χ0n) is 19.6. The predicted octanol–water partition coefficient (Wildman–Crippen LogP) is 2.27. The summed E-state index contributed by atoms with van der Waals surface area (Å²) in [5.74, 6) is -5.33. The van der Waals surface area contributed by atoms with Crippen molar-refractivity contribution >= 4 is 35.0 Å². The molecule has 2 aromatic rings. The third kappa shape index (κ3) is 5.87. The van der Waals surface area contributed by atoms with E-state index in [0.29, 0.717) is 5.56 Å². The van der Waals surface area contributed by atoms with Gasteiger partial charge in [-0.05, 0) is 17.0 Å². The predicted molar refractivity (Wildman–Crippen MR) is 122 cm³/mol. The Bertz CT molecular complexity index is 1080. The van der Waals surface area contributed by atoms with E-state index in [-0.39, 0.29) is 5.06 Å². The van der Waals surface area contributed by atoms with E-state index >= 15 is 0 Å². The van der Waals surface area contributed by atoms with Gasteiger partial charge in [0.05, 0.1) is 0 Å². The molecule has 0 aliphatic carbocycles. The first-order valence-corrected chi connectivity index (χ1v) is 11.6. The molecule has 3 rings (SSSR count). The number of ketones is 1. The summed E-state index contributed by atoms with van der Waals surface area (Å²) in [5, 5.41) is 13.2. The summed E-state index contributed by atoms with van der Waals surface area (Å²) in [7, 11) is 0. The maximum Gasteiger partial charge on any atom is 0.312 e. The van der Waals surface area contributed by atoms with Crippen LogP contribution in [0.2, 0.25) is 0 Å². The highest BCUT2D eigenvalue weighted by molar-refractivity contribution is 7.12. The number of esters is 3. The zero-order chi connectivity index (χ0) is 25.8. The van der Waals surface area contributed by atoms with Crippen molar-refractivity contribution in [2.45, 2.75) is 57.9 Å². The average Bonchev–Trinajstić information content (AvgIpc) is 3.25. The van der Waals surface area contributed by atoms with Crippen molar-refractivity contribution in [3.05, 3.63) is 41.8 Å². The summed E-state index contributed by atoms with van der Waals surface area (Å²) < 4.78 is 27.7. The average molecular weight is 507 g/mol. The Kier molecular flexibility index (Phi) is 8.26. The second kappa shape index (κ2) is 11.0. The van der Waals surface area contributed by atoms with E-state index in [1.807, 2.05) is 30.3 Å². The minimum absolute atomic E-state index is 0.257. The summed E-state index contributed by atoms with van der Waals surface area (Å²) in [5.41, 5.74) is 1.42. The molecule has 1 aliphatic rings. The molecule has 0 spiro atoms. The van der Waals surface area contributed by atoms with Crippen molar-refractivity contribution in [2.75, 3.05) is 6.61 Å². The molecule has 1 N–H and O–H groups in total. The molecule has 1 fully saturated rings. The van der Waals surface area contributed by atoms with Gasteiger partial charge in [0, 0.05) is 33.3 Å². The molecule has 1 aromatic carbocycles. The van der Waals surface area contributed by atoms with Gasteiger partial charge >= 0.3 is 23.7 Å². The maximum absolute atomic E-state index is 13.1. The highest BCUT2D eigenvalue weighted by Crippen LogP contribution is 2.42. The largest absolute Gasteiger partial charge is 0.463 e. The smallest absolute Gasteiger partial charge is 0.312 e. The van der Waals surface area contributed by atoms with Gasteiger partial charge in [-0.25, -0.2) is 0 Å². The number of rotatable bonds is 8. The van der Waals surface area contributed by atoms with Crippen molar-refractivity contribution in [3.8, 4) is 16.2 Å². The molecular formula is C24H26O10S. The molecule has 0 bridgehead atoms. The quantitative estimate of drug-likeness (QED) is 0.420. The minimum Gasteiger partial charge on any atom is -0.463 e. The Morgan fingerprint density at radius 1 is 0.971 bits per heavy atom. The third-order valence-electron chi connectivity index (χ3n) is 5.21. The van der Waals surface area contributed by atoms with Crippen molar-refractivity contribution < 1.29 is 48.0 Å². The lowest BCUT2D eigenvalue weighted by Gasteiger charge is -2.48. The molecule has 0 radical (unpaired) electrons. The lowest BCUT2D eigenvalue weighted by atomic mass is 9.89. The SMILES string of the molecule is CC(=O)OC[C@H]1O[C@@](Oc2sccc2-c2ccccc2)(C(C)=O)[C@H](OC(C)=O)[C@@H](O)[C@@H]1OC(C)=O.